The number of aliphatic hydroxyl groups excluding tert-OH is 1. The highest BCUT2D eigenvalue weighted by Gasteiger charge is 2.19. The zero-order chi connectivity index (χ0) is 15.1. The van der Waals surface area contributed by atoms with Crippen LogP contribution in [0.3, 0.4) is 0 Å². The Morgan fingerprint density at radius 2 is 2.33 bits per heavy atom. The van der Waals surface area contributed by atoms with Crippen LogP contribution in [-0.4, -0.2) is 35.3 Å². The summed E-state index contributed by atoms with van der Waals surface area (Å²) in [5.74, 6) is 0.178. The Morgan fingerprint density at radius 3 is 3.00 bits per heavy atom. The number of carbonyl (C=O) groups is 1. The van der Waals surface area contributed by atoms with Crippen LogP contribution in [0.15, 0.2) is 17.5 Å². The van der Waals surface area contributed by atoms with E-state index in [2.05, 4.69) is 21.0 Å². The maximum atomic E-state index is 11.7. The first-order valence-corrected chi connectivity index (χ1v) is 8.30. The van der Waals surface area contributed by atoms with E-state index in [4.69, 9.17) is 5.11 Å². The van der Waals surface area contributed by atoms with E-state index in [9.17, 15) is 4.79 Å². The Hall–Kier alpha value is -1.40. The van der Waals surface area contributed by atoms with Crippen molar-refractivity contribution >= 4 is 17.4 Å². The SMILES string of the molecule is Cc1csc(CCCCNC(=O)N[C@@H]2C=C[C@H](CO)C2)n1. The van der Waals surface area contributed by atoms with Crippen LogP contribution in [0.2, 0.25) is 0 Å². The summed E-state index contributed by atoms with van der Waals surface area (Å²) >= 11 is 1.70. The molecule has 2 amide bonds. The number of aliphatic hydroxyl groups is 1. The monoisotopic (exact) mass is 309 g/mol. The quantitative estimate of drug-likeness (QED) is 0.533. The summed E-state index contributed by atoms with van der Waals surface area (Å²) in [6.07, 6.45) is 7.65. The van der Waals surface area contributed by atoms with E-state index < -0.39 is 0 Å². The van der Waals surface area contributed by atoms with E-state index in [1.807, 2.05) is 19.1 Å². The van der Waals surface area contributed by atoms with E-state index >= 15 is 0 Å². The first-order chi connectivity index (χ1) is 10.2. The molecule has 0 saturated heterocycles. The van der Waals surface area contributed by atoms with Gasteiger partial charge in [0.1, 0.15) is 0 Å². The van der Waals surface area contributed by atoms with Crippen molar-refractivity contribution in [3.05, 3.63) is 28.2 Å². The summed E-state index contributed by atoms with van der Waals surface area (Å²) in [5.41, 5.74) is 1.08. The largest absolute Gasteiger partial charge is 0.396 e. The van der Waals surface area contributed by atoms with Gasteiger partial charge in [0.05, 0.1) is 5.01 Å². The predicted octanol–water partition coefficient (Wildman–Crippen LogP) is 2.01. The van der Waals surface area contributed by atoms with Gasteiger partial charge in [0.2, 0.25) is 0 Å². The molecular weight excluding hydrogens is 286 g/mol. The molecule has 1 aromatic rings. The zero-order valence-electron chi connectivity index (χ0n) is 12.3. The van der Waals surface area contributed by atoms with Crippen molar-refractivity contribution in [2.45, 2.75) is 38.6 Å². The number of nitrogens with one attached hydrogen (secondary N) is 2. The Kier molecular flexibility index (Phi) is 6.20. The Morgan fingerprint density at radius 1 is 1.48 bits per heavy atom. The standard InChI is InChI=1S/C15H23N3O2S/c1-11-10-21-14(17-11)4-2-3-7-16-15(20)18-13-6-5-12(8-13)9-19/h5-6,10,12-13,19H,2-4,7-9H2,1H3,(H2,16,18,20)/t12-,13+/m0/s1. The molecule has 0 aliphatic heterocycles. The van der Waals surface area contributed by atoms with E-state index in [1.54, 1.807) is 11.3 Å². The van der Waals surface area contributed by atoms with Crippen molar-refractivity contribution in [3.63, 3.8) is 0 Å². The number of hydrogen-bond acceptors (Lipinski definition) is 4. The number of nitrogens with zero attached hydrogens (tertiary/aromatic N) is 1. The number of urea groups is 1. The third kappa shape index (κ3) is 5.47. The first-order valence-electron chi connectivity index (χ1n) is 7.42. The van der Waals surface area contributed by atoms with E-state index in [0.717, 1.165) is 31.4 Å². The van der Waals surface area contributed by atoms with Crippen molar-refractivity contribution < 1.29 is 9.90 Å². The molecule has 6 heteroatoms. The van der Waals surface area contributed by atoms with Gasteiger partial charge in [-0.05, 0) is 32.6 Å². The molecule has 1 aliphatic rings. The molecule has 2 rings (SSSR count). The molecule has 0 bridgehead atoms. The van der Waals surface area contributed by atoms with Crippen LogP contribution < -0.4 is 10.6 Å². The second-order valence-corrected chi connectivity index (χ2v) is 6.35. The fourth-order valence-corrected chi connectivity index (χ4v) is 3.18. The summed E-state index contributed by atoms with van der Waals surface area (Å²) in [6.45, 7) is 2.83. The molecule has 1 heterocycles. The molecule has 0 spiro atoms. The van der Waals surface area contributed by atoms with Gasteiger partial charge in [-0.3, -0.25) is 0 Å². The van der Waals surface area contributed by atoms with E-state index in [1.165, 1.54) is 5.01 Å². The number of thiazole rings is 1. The van der Waals surface area contributed by atoms with Crippen LogP contribution in [0, 0.1) is 12.8 Å². The van der Waals surface area contributed by atoms with Gasteiger partial charge in [-0.1, -0.05) is 12.2 Å². The number of unbranched alkanes of at least 4 members (excludes halogenated alkanes) is 1. The smallest absolute Gasteiger partial charge is 0.315 e. The minimum absolute atomic E-state index is 0.0421. The fraction of sp³-hybridized carbons (Fsp3) is 0.600. The van der Waals surface area contributed by atoms with Crippen molar-refractivity contribution in [1.82, 2.24) is 15.6 Å². The normalized spacial score (nSPS) is 20.7. The molecule has 116 valence electrons. The molecule has 0 fully saturated rings. The van der Waals surface area contributed by atoms with Gasteiger partial charge < -0.3 is 15.7 Å². The maximum absolute atomic E-state index is 11.7. The molecular formula is C15H23N3O2S. The lowest BCUT2D eigenvalue weighted by atomic mass is 10.1. The predicted molar refractivity (Wildman–Crippen MR) is 84.4 cm³/mol. The molecule has 0 unspecified atom stereocenters. The summed E-state index contributed by atoms with van der Waals surface area (Å²) in [7, 11) is 0. The lowest BCUT2D eigenvalue weighted by Gasteiger charge is -2.13. The highest BCUT2D eigenvalue weighted by Crippen LogP contribution is 2.16. The molecule has 0 aromatic carbocycles. The Balaban J connectivity index is 1.52. The van der Waals surface area contributed by atoms with Crippen LogP contribution in [-0.2, 0) is 6.42 Å². The molecule has 1 aliphatic carbocycles. The Labute approximate surface area is 129 Å². The van der Waals surface area contributed by atoms with Crippen LogP contribution in [0.25, 0.3) is 0 Å². The first kappa shape index (κ1) is 16.0. The van der Waals surface area contributed by atoms with Gasteiger partial charge in [-0.2, -0.15) is 0 Å². The third-order valence-electron chi connectivity index (χ3n) is 3.49. The lowest BCUT2D eigenvalue weighted by Crippen LogP contribution is -2.41. The van der Waals surface area contributed by atoms with Crippen molar-refractivity contribution in [3.8, 4) is 0 Å². The topological polar surface area (TPSA) is 74.2 Å². The number of rotatable bonds is 7. The lowest BCUT2D eigenvalue weighted by molar-refractivity contribution is 0.231. The van der Waals surface area contributed by atoms with Crippen LogP contribution in [0.4, 0.5) is 4.79 Å². The van der Waals surface area contributed by atoms with Crippen LogP contribution in [0.1, 0.15) is 30.0 Å². The van der Waals surface area contributed by atoms with Crippen molar-refractivity contribution in [1.29, 1.82) is 0 Å². The molecule has 1 aromatic heterocycles. The third-order valence-corrected chi connectivity index (χ3v) is 4.52. The molecule has 5 nitrogen and oxygen atoms in total. The van der Waals surface area contributed by atoms with Gasteiger partial charge in [-0.25, -0.2) is 9.78 Å². The number of carbonyl (C=O) groups excluding carboxylic acids is 1. The second-order valence-electron chi connectivity index (χ2n) is 5.41. The van der Waals surface area contributed by atoms with Gasteiger partial charge in [0.15, 0.2) is 0 Å². The van der Waals surface area contributed by atoms with E-state index in [0.29, 0.717) is 6.54 Å². The van der Waals surface area contributed by atoms with Crippen LogP contribution in [0.5, 0.6) is 0 Å². The number of aromatic nitrogens is 1. The molecule has 0 radical (unpaired) electrons. The molecule has 2 atom stereocenters. The minimum atomic E-state index is -0.131. The zero-order valence-corrected chi connectivity index (χ0v) is 13.2. The summed E-state index contributed by atoms with van der Waals surface area (Å²) < 4.78 is 0. The summed E-state index contributed by atoms with van der Waals surface area (Å²) in [5, 5.41) is 18.0. The number of amides is 2. The highest BCUT2D eigenvalue weighted by atomic mass is 32.1. The highest BCUT2D eigenvalue weighted by molar-refractivity contribution is 7.09. The summed E-state index contributed by atoms with van der Waals surface area (Å²) in [6, 6.07) is -0.0891. The van der Waals surface area contributed by atoms with Gasteiger partial charge in [0, 0.05) is 36.2 Å². The van der Waals surface area contributed by atoms with Crippen LogP contribution >= 0.6 is 11.3 Å². The number of hydrogen-bond donors (Lipinski definition) is 3. The Bertz CT molecular complexity index is 487. The molecule has 21 heavy (non-hydrogen) atoms. The van der Waals surface area contributed by atoms with Gasteiger partial charge in [-0.15, -0.1) is 11.3 Å². The molecule has 0 saturated carbocycles. The van der Waals surface area contributed by atoms with Gasteiger partial charge >= 0.3 is 6.03 Å². The van der Waals surface area contributed by atoms with Gasteiger partial charge in [0.25, 0.3) is 0 Å². The maximum Gasteiger partial charge on any atom is 0.315 e. The summed E-state index contributed by atoms with van der Waals surface area (Å²) in [4.78, 5) is 16.1. The van der Waals surface area contributed by atoms with Crippen molar-refractivity contribution in [2.24, 2.45) is 5.92 Å². The average molecular weight is 309 g/mol. The average Bonchev–Trinajstić information content (AvgIpc) is 3.07. The minimum Gasteiger partial charge on any atom is -0.396 e. The molecule has 3 N–H and O–H groups in total. The number of aryl methyl sites for hydroxylation is 2. The van der Waals surface area contributed by atoms with Crippen molar-refractivity contribution in [2.75, 3.05) is 13.2 Å². The second kappa shape index (κ2) is 8.14. The fourth-order valence-electron chi connectivity index (χ4n) is 2.36. The van der Waals surface area contributed by atoms with E-state index in [-0.39, 0.29) is 24.6 Å².